The molecule has 1 aliphatic rings. The van der Waals surface area contributed by atoms with Gasteiger partial charge in [0.2, 0.25) is 0 Å². The van der Waals surface area contributed by atoms with E-state index in [-0.39, 0.29) is 16.5 Å². The fourth-order valence-corrected chi connectivity index (χ4v) is 3.52. The summed E-state index contributed by atoms with van der Waals surface area (Å²) in [7, 11) is 1.62. The van der Waals surface area contributed by atoms with Gasteiger partial charge >= 0.3 is 5.97 Å². The minimum Gasteiger partial charge on any atom is -0.478 e. The Morgan fingerprint density at radius 3 is 2.71 bits per heavy atom. The van der Waals surface area contributed by atoms with Crippen LogP contribution in [-0.4, -0.2) is 33.3 Å². The highest BCUT2D eigenvalue weighted by Crippen LogP contribution is 2.33. The standard InChI is InChI=1S/C16H10ClNO4S2/c1-18-14(19)13(24-16(18)23)7-9-3-5-12(22-9)8-2-4-10(15(20)21)11(17)6-8/h2-7H,1H3,(H,20,21)/b13-7+. The van der Waals surface area contributed by atoms with Crippen LogP contribution >= 0.6 is 35.6 Å². The first-order chi connectivity index (χ1) is 11.4. The van der Waals surface area contributed by atoms with Gasteiger partial charge in [-0.05, 0) is 24.3 Å². The van der Waals surface area contributed by atoms with Gasteiger partial charge in [0.15, 0.2) is 0 Å². The average Bonchev–Trinajstić information content (AvgIpc) is 3.09. The van der Waals surface area contributed by atoms with Crippen molar-refractivity contribution >= 4 is 57.9 Å². The number of nitrogens with zero attached hydrogens (tertiary/aromatic N) is 1. The van der Waals surface area contributed by atoms with Gasteiger partial charge in [0.25, 0.3) is 5.91 Å². The maximum absolute atomic E-state index is 12.0. The predicted octanol–water partition coefficient (Wildman–Crippen LogP) is 4.13. The zero-order valence-electron chi connectivity index (χ0n) is 12.3. The van der Waals surface area contributed by atoms with Crippen molar-refractivity contribution < 1.29 is 19.1 Å². The number of thioether (sulfide) groups is 1. The predicted molar refractivity (Wildman–Crippen MR) is 97.0 cm³/mol. The Labute approximate surface area is 151 Å². The largest absolute Gasteiger partial charge is 0.478 e. The van der Waals surface area contributed by atoms with Crippen molar-refractivity contribution in [3.63, 3.8) is 0 Å². The average molecular weight is 380 g/mol. The number of furan rings is 1. The van der Waals surface area contributed by atoms with Gasteiger partial charge in [-0.2, -0.15) is 0 Å². The molecule has 122 valence electrons. The summed E-state index contributed by atoms with van der Waals surface area (Å²) in [5.41, 5.74) is 0.673. The molecule has 0 bridgehead atoms. The molecule has 0 unspecified atom stereocenters. The van der Waals surface area contributed by atoms with Crippen molar-refractivity contribution in [2.75, 3.05) is 7.05 Å². The molecule has 1 aromatic carbocycles. The van der Waals surface area contributed by atoms with Gasteiger partial charge in [-0.3, -0.25) is 9.69 Å². The molecule has 0 atom stereocenters. The molecule has 1 saturated heterocycles. The van der Waals surface area contributed by atoms with E-state index in [0.717, 1.165) is 0 Å². The lowest BCUT2D eigenvalue weighted by molar-refractivity contribution is -0.121. The number of carboxylic acids is 1. The molecule has 2 heterocycles. The number of halogens is 1. The summed E-state index contributed by atoms with van der Waals surface area (Å²) in [6.45, 7) is 0. The number of hydrogen-bond acceptors (Lipinski definition) is 5. The zero-order chi connectivity index (χ0) is 17.4. The van der Waals surface area contributed by atoms with Crippen LogP contribution in [0.3, 0.4) is 0 Å². The van der Waals surface area contributed by atoms with Crippen LogP contribution in [0.2, 0.25) is 5.02 Å². The number of likely N-dealkylation sites (N-methyl/N-ethyl adjacent to an activating group) is 1. The highest BCUT2D eigenvalue weighted by Gasteiger charge is 2.29. The van der Waals surface area contributed by atoms with Crippen LogP contribution < -0.4 is 0 Å². The van der Waals surface area contributed by atoms with Crippen LogP contribution in [0.5, 0.6) is 0 Å². The summed E-state index contributed by atoms with van der Waals surface area (Å²) in [5.74, 6) is -0.241. The number of aromatic carboxylic acids is 1. The zero-order valence-corrected chi connectivity index (χ0v) is 14.7. The van der Waals surface area contributed by atoms with Gasteiger partial charge in [-0.25, -0.2) is 4.79 Å². The molecule has 2 aromatic rings. The molecule has 0 radical (unpaired) electrons. The summed E-state index contributed by atoms with van der Waals surface area (Å²) >= 11 is 12.3. The lowest BCUT2D eigenvalue weighted by Gasteiger charge is -2.03. The van der Waals surface area contributed by atoms with E-state index in [9.17, 15) is 9.59 Å². The van der Waals surface area contributed by atoms with E-state index >= 15 is 0 Å². The van der Waals surface area contributed by atoms with Gasteiger partial charge < -0.3 is 9.52 Å². The third-order valence-electron chi connectivity index (χ3n) is 3.37. The lowest BCUT2D eigenvalue weighted by Crippen LogP contribution is -2.22. The quantitative estimate of drug-likeness (QED) is 0.638. The summed E-state index contributed by atoms with van der Waals surface area (Å²) < 4.78 is 6.19. The second-order valence-electron chi connectivity index (χ2n) is 4.94. The first kappa shape index (κ1) is 16.8. The van der Waals surface area contributed by atoms with Crippen molar-refractivity contribution in [2.24, 2.45) is 0 Å². The van der Waals surface area contributed by atoms with Crippen molar-refractivity contribution in [3.05, 3.63) is 51.6 Å². The number of rotatable bonds is 3. The molecule has 0 saturated carbocycles. The number of benzene rings is 1. The number of carbonyl (C=O) groups is 2. The second-order valence-corrected chi connectivity index (χ2v) is 7.03. The number of thiocarbonyl (C=S) groups is 1. The Morgan fingerprint density at radius 1 is 1.38 bits per heavy atom. The topological polar surface area (TPSA) is 70.8 Å². The maximum Gasteiger partial charge on any atom is 0.337 e. The van der Waals surface area contributed by atoms with Gasteiger partial charge in [-0.15, -0.1) is 0 Å². The molecule has 3 rings (SSSR count). The van der Waals surface area contributed by atoms with E-state index in [1.54, 1.807) is 31.3 Å². The van der Waals surface area contributed by atoms with Crippen molar-refractivity contribution in [1.29, 1.82) is 0 Å². The molecule has 1 aliphatic heterocycles. The van der Waals surface area contributed by atoms with E-state index in [0.29, 0.717) is 26.3 Å². The highest BCUT2D eigenvalue weighted by atomic mass is 35.5. The second kappa shape index (κ2) is 6.43. The fraction of sp³-hybridized carbons (Fsp3) is 0.0625. The summed E-state index contributed by atoms with van der Waals surface area (Å²) in [4.78, 5) is 24.9. The minimum atomic E-state index is -1.09. The SMILES string of the molecule is CN1C(=O)/C(=C\c2ccc(-c3ccc(C(=O)O)c(Cl)c3)o2)SC1=S. The van der Waals surface area contributed by atoms with Crippen molar-refractivity contribution in [1.82, 2.24) is 4.90 Å². The van der Waals surface area contributed by atoms with Gasteiger partial charge in [0.1, 0.15) is 15.8 Å². The molecular weight excluding hydrogens is 370 g/mol. The van der Waals surface area contributed by atoms with Crippen LogP contribution in [-0.2, 0) is 4.79 Å². The normalized spacial score (nSPS) is 16.2. The molecule has 0 aliphatic carbocycles. The minimum absolute atomic E-state index is 0.0267. The first-order valence-corrected chi connectivity index (χ1v) is 8.31. The third-order valence-corrected chi connectivity index (χ3v) is 5.17. The maximum atomic E-state index is 12.0. The van der Waals surface area contributed by atoms with Crippen LogP contribution in [0.4, 0.5) is 0 Å². The van der Waals surface area contributed by atoms with Crippen LogP contribution in [0, 0.1) is 0 Å². The molecular formula is C16H10ClNO4S2. The third kappa shape index (κ3) is 3.10. The van der Waals surface area contributed by atoms with Crippen LogP contribution in [0.1, 0.15) is 16.1 Å². The van der Waals surface area contributed by atoms with E-state index in [4.69, 9.17) is 33.3 Å². The molecule has 1 N–H and O–H groups in total. The fourth-order valence-electron chi connectivity index (χ4n) is 2.10. The monoisotopic (exact) mass is 379 g/mol. The van der Waals surface area contributed by atoms with Gasteiger partial charge in [0.05, 0.1) is 15.5 Å². The van der Waals surface area contributed by atoms with Gasteiger partial charge in [0, 0.05) is 18.7 Å². The number of hydrogen-bond donors (Lipinski definition) is 1. The number of carbonyl (C=O) groups excluding carboxylic acids is 1. The lowest BCUT2D eigenvalue weighted by atomic mass is 10.1. The molecule has 1 aromatic heterocycles. The van der Waals surface area contributed by atoms with E-state index in [2.05, 4.69) is 0 Å². The molecule has 1 amide bonds. The van der Waals surface area contributed by atoms with Gasteiger partial charge in [-0.1, -0.05) is 41.6 Å². The van der Waals surface area contributed by atoms with E-state index in [1.807, 2.05) is 0 Å². The summed E-state index contributed by atoms with van der Waals surface area (Å²) in [5, 5.41) is 9.12. The van der Waals surface area contributed by atoms with E-state index in [1.165, 1.54) is 28.8 Å². The van der Waals surface area contributed by atoms with Crippen LogP contribution in [0.25, 0.3) is 17.4 Å². The Kier molecular flexibility index (Phi) is 4.49. The smallest absolute Gasteiger partial charge is 0.337 e. The van der Waals surface area contributed by atoms with Crippen LogP contribution in [0.15, 0.2) is 39.7 Å². The van der Waals surface area contributed by atoms with E-state index < -0.39 is 5.97 Å². The molecule has 5 nitrogen and oxygen atoms in total. The highest BCUT2D eigenvalue weighted by molar-refractivity contribution is 8.26. The molecule has 1 fully saturated rings. The molecule has 8 heteroatoms. The number of amides is 1. The summed E-state index contributed by atoms with van der Waals surface area (Å²) in [6.07, 6.45) is 1.62. The number of carboxylic acid groups (broad SMARTS) is 1. The first-order valence-electron chi connectivity index (χ1n) is 6.71. The Morgan fingerprint density at radius 2 is 2.12 bits per heavy atom. The molecule has 0 spiro atoms. The molecule has 24 heavy (non-hydrogen) atoms. The Balaban J connectivity index is 1.89. The summed E-state index contributed by atoms with van der Waals surface area (Å²) in [6, 6.07) is 8.01. The van der Waals surface area contributed by atoms with Crippen molar-refractivity contribution in [3.8, 4) is 11.3 Å². The Hall–Kier alpha value is -2.09. The Bertz CT molecular complexity index is 903. The van der Waals surface area contributed by atoms with Crippen molar-refractivity contribution in [2.45, 2.75) is 0 Å².